The number of hydrogen-bond donors (Lipinski definition) is 0. The van der Waals surface area contributed by atoms with Crippen molar-refractivity contribution in [3.8, 4) is 11.5 Å². The highest BCUT2D eigenvalue weighted by Crippen LogP contribution is 2.22. The Hall–Kier alpha value is -3.11. The lowest BCUT2D eigenvalue weighted by atomic mass is 9.97. The van der Waals surface area contributed by atoms with Gasteiger partial charge < -0.3 is 9.47 Å². The average Bonchev–Trinajstić information content (AvgIpc) is 2.72. The highest BCUT2D eigenvalue weighted by Gasteiger charge is 2.16. The van der Waals surface area contributed by atoms with E-state index in [9.17, 15) is 9.59 Å². The topological polar surface area (TPSA) is 52.6 Å². The molecule has 136 valence electrons. The summed E-state index contributed by atoms with van der Waals surface area (Å²) in [6.07, 6.45) is 0. The lowest BCUT2D eigenvalue weighted by Crippen LogP contribution is -2.06. The van der Waals surface area contributed by atoms with Crippen molar-refractivity contribution in [2.75, 3.05) is 14.2 Å². The molecule has 0 bridgehead atoms. The van der Waals surface area contributed by atoms with Gasteiger partial charge in [0.05, 0.1) is 14.2 Å². The molecular weight excluding hydrogens is 364 g/mol. The van der Waals surface area contributed by atoms with Crippen LogP contribution in [0.1, 0.15) is 31.8 Å². The van der Waals surface area contributed by atoms with E-state index in [1.165, 1.54) is 0 Å². The molecule has 0 spiro atoms. The molecule has 0 aliphatic heterocycles. The molecule has 0 radical (unpaired) electrons. The quantitative estimate of drug-likeness (QED) is 0.575. The number of halogens is 1. The minimum absolute atomic E-state index is 0.219. The molecule has 0 saturated heterocycles. The van der Waals surface area contributed by atoms with Crippen molar-refractivity contribution in [2.24, 2.45) is 0 Å². The van der Waals surface area contributed by atoms with Crippen LogP contribution in [0.2, 0.25) is 5.02 Å². The number of rotatable bonds is 6. The van der Waals surface area contributed by atoms with Crippen LogP contribution in [-0.2, 0) is 0 Å². The Balaban J connectivity index is 1.92. The predicted octanol–water partition coefficient (Wildman–Crippen LogP) is 4.82. The Bertz CT molecular complexity index is 898. The van der Waals surface area contributed by atoms with Gasteiger partial charge in [0.2, 0.25) is 0 Å². The Morgan fingerprint density at radius 2 is 1.00 bits per heavy atom. The molecule has 0 heterocycles. The fourth-order valence-electron chi connectivity index (χ4n) is 2.67. The second-order valence-corrected chi connectivity index (χ2v) is 6.28. The molecule has 3 rings (SSSR count). The third-order valence-electron chi connectivity index (χ3n) is 4.13. The third kappa shape index (κ3) is 4.18. The zero-order valence-electron chi connectivity index (χ0n) is 14.9. The van der Waals surface area contributed by atoms with E-state index in [1.807, 2.05) is 0 Å². The normalized spacial score (nSPS) is 10.3. The van der Waals surface area contributed by atoms with E-state index in [-0.39, 0.29) is 11.6 Å². The SMILES string of the molecule is COc1ccc(C(=O)c2cc(Cl)cc(C(=O)c3ccc(OC)cc3)c2)cc1. The highest BCUT2D eigenvalue weighted by molar-refractivity contribution is 6.32. The van der Waals surface area contributed by atoms with E-state index < -0.39 is 0 Å². The van der Waals surface area contributed by atoms with Gasteiger partial charge in [0, 0.05) is 27.3 Å². The number of ether oxygens (including phenoxy) is 2. The maximum atomic E-state index is 12.8. The summed E-state index contributed by atoms with van der Waals surface area (Å²) in [5.74, 6) is 0.883. The van der Waals surface area contributed by atoms with Gasteiger partial charge in [-0.15, -0.1) is 0 Å². The van der Waals surface area contributed by atoms with Crippen LogP contribution < -0.4 is 9.47 Å². The third-order valence-corrected chi connectivity index (χ3v) is 4.34. The van der Waals surface area contributed by atoms with Crippen molar-refractivity contribution >= 4 is 23.2 Å². The van der Waals surface area contributed by atoms with Gasteiger partial charge in [-0.25, -0.2) is 0 Å². The first-order valence-corrected chi connectivity index (χ1v) is 8.57. The van der Waals surface area contributed by atoms with E-state index in [1.54, 1.807) is 80.9 Å². The van der Waals surface area contributed by atoms with Crippen molar-refractivity contribution in [2.45, 2.75) is 0 Å². The number of carbonyl (C=O) groups is 2. The highest BCUT2D eigenvalue weighted by atomic mass is 35.5. The van der Waals surface area contributed by atoms with E-state index >= 15 is 0 Å². The Morgan fingerprint density at radius 1 is 0.630 bits per heavy atom. The average molecular weight is 381 g/mol. The molecule has 0 unspecified atom stereocenters. The molecule has 0 fully saturated rings. The molecule has 0 aliphatic rings. The molecule has 0 aromatic heterocycles. The second-order valence-electron chi connectivity index (χ2n) is 5.84. The summed E-state index contributed by atoms with van der Waals surface area (Å²) in [5.41, 5.74) is 1.68. The van der Waals surface area contributed by atoms with Crippen LogP contribution >= 0.6 is 11.6 Å². The minimum Gasteiger partial charge on any atom is -0.497 e. The fraction of sp³-hybridized carbons (Fsp3) is 0.0909. The summed E-state index contributed by atoms with van der Waals surface area (Å²) in [6.45, 7) is 0. The lowest BCUT2D eigenvalue weighted by molar-refractivity contribution is 0.103. The van der Waals surface area contributed by atoms with Crippen molar-refractivity contribution < 1.29 is 19.1 Å². The first kappa shape index (κ1) is 18.7. The number of hydrogen-bond acceptors (Lipinski definition) is 4. The van der Waals surface area contributed by atoms with Crippen LogP contribution in [0, 0.1) is 0 Å². The zero-order valence-corrected chi connectivity index (χ0v) is 15.6. The first-order chi connectivity index (χ1) is 13.0. The number of methoxy groups -OCH3 is 2. The van der Waals surface area contributed by atoms with Gasteiger partial charge >= 0.3 is 0 Å². The number of carbonyl (C=O) groups excluding carboxylic acids is 2. The molecule has 0 aliphatic carbocycles. The van der Waals surface area contributed by atoms with Gasteiger partial charge in [-0.2, -0.15) is 0 Å². The maximum Gasteiger partial charge on any atom is 0.193 e. The first-order valence-electron chi connectivity index (χ1n) is 8.20. The summed E-state index contributed by atoms with van der Waals surface area (Å²) >= 11 is 6.16. The molecular formula is C22H17ClO4. The van der Waals surface area contributed by atoms with E-state index in [2.05, 4.69) is 0 Å². The van der Waals surface area contributed by atoms with E-state index in [0.29, 0.717) is 38.8 Å². The maximum absolute atomic E-state index is 12.8. The summed E-state index contributed by atoms with van der Waals surface area (Å²) in [7, 11) is 3.12. The smallest absolute Gasteiger partial charge is 0.193 e. The summed E-state index contributed by atoms with van der Waals surface area (Å²) < 4.78 is 10.2. The van der Waals surface area contributed by atoms with Crippen LogP contribution in [0.3, 0.4) is 0 Å². The molecule has 4 nitrogen and oxygen atoms in total. The van der Waals surface area contributed by atoms with Gasteiger partial charge in [-0.3, -0.25) is 9.59 Å². The Labute approximate surface area is 162 Å². The van der Waals surface area contributed by atoms with Crippen LogP contribution in [-0.4, -0.2) is 25.8 Å². The molecule has 0 N–H and O–H groups in total. The molecule has 0 saturated carbocycles. The fourth-order valence-corrected chi connectivity index (χ4v) is 2.91. The van der Waals surface area contributed by atoms with Gasteiger partial charge in [0.25, 0.3) is 0 Å². The van der Waals surface area contributed by atoms with Crippen LogP contribution in [0.4, 0.5) is 0 Å². The lowest BCUT2D eigenvalue weighted by Gasteiger charge is -2.08. The predicted molar refractivity (Wildman–Crippen MR) is 104 cm³/mol. The summed E-state index contributed by atoms with van der Waals surface area (Å²) in [6, 6.07) is 18.2. The molecule has 0 atom stereocenters. The van der Waals surface area contributed by atoms with Gasteiger partial charge in [0.1, 0.15) is 11.5 Å². The second kappa shape index (κ2) is 8.06. The van der Waals surface area contributed by atoms with Crippen LogP contribution in [0.15, 0.2) is 66.7 Å². The Morgan fingerprint density at radius 3 is 1.33 bits per heavy atom. The van der Waals surface area contributed by atoms with Gasteiger partial charge in [-0.1, -0.05) is 11.6 Å². The molecule has 3 aromatic rings. The van der Waals surface area contributed by atoms with Crippen molar-refractivity contribution in [1.29, 1.82) is 0 Å². The molecule has 0 amide bonds. The zero-order chi connectivity index (χ0) is 19.4. The van der Waals surface area contributed by atoms with Gasteiger partial charge in [-0.05, 0) is 66.7 Å². The van der Waals surface area contributed by atoms with Crippen LogP contribution in [0.5, 0.6) is 11.5 Å². The molecule has 27 heavy (non-hydrogen) atoms. The standard InChI is InChI=1S/C22H17ClO4/c1-26-19-7-3-14(4-8-19)21(24)16-11-17(13-18(23)12-16)22(25)15-5-9-20(27-2)10-6-15/h3-13H,1-2H3. The van der Waals surface area contributed by atoms with E-state index in [4.69, 9.17) is 21.1 Å². The number of benzene rings is 3. The van der Waals surface area contributed by atoms with E-state index in [0.717, 1.165) is 0 Å². The molecule has 5 heteroatoms. The minimum atomic E-state index is -0.219. The summed E-state index contributed by atoms with van der Waals surface area (Å²) in [5, 5.41) is 0.325. The Kier molecular flexibility index (Phi) is 5.57. The van der Waals surface area contributed by atoms with Crippen LogP contribution in [0.25, 0.3) is 0 Å². The number of ketones is 2. The van der Waals surface area contributed by atoms with Gasteiger partial charge in [0.15, 0.2) is 11.6 Å². The van der Waals surface area contributed by atoms with Crippen molar-refractivity contribution in [3.63, 3.8) is 0 Å². The summed E-state index contributed by atoms with van der Waals surface area (Å²) in [4.78, 5) is 25.5. The van der Waals surface area contributed by atoms with Crippen molar-refractivity contribution in [1.82, 2.24) is 0 Å². The van der Waals surface area contributed by atoms with Crippen molar-refractivity contribution in [3.05, 3.63) is 94.0 Å². The largest absolute Gasteiger partial charge is 0.497 e. The molecule has 3 aromatic carbocycles. The monoisotopic (exact) mass is 380 g/mol.